The van der Waals surface area contributed by atoms with Crippen LogP contribution in [0.1, 0.15) is 37.4 Å². The molecule has 0 aromatic heterocycles. The van der Waals surface area contributed by atoms with Crippen molar-refractivity contribution >= 4 is 17.4 Å². The van der Waals surface area contributed by atoms with Crippen LogP contribution in [0.4, 0.5) is 5.69 Å². The number of non-ortho nitro benzene ring substituents is 1. The average molecular weight is 379 g/mol. The zero-order valence-corrected chi connectivity index (χ0v) is 15.7. The Labute approximate surface area is 163 Å². The summed E-state index contributed by atoms with van der Waals surface area (Å²) in [6, 6.07) is 16.0. The maximum Gasteiger partial charge on any atom is 0.332 e. The molecule has 0 bridgehead atoms. The van der Waals surface area contributed by atoms with Crippen LogP contribution in [0, 0.1) is 10.1 Å². The van der Waals surface area contributed by atoms with Crippen LogP contribution in [-0.4, -0.2) is 28.2 Å². The number of benzene rings is 2. The number of carbonyl (C=O) groups is 1. The zero-order chi connectivity index (χ0) is 20.1. The number of ether oxygens (including phenoxy) is 1. The molecule has 0 fully saturated rings. The summed E-state index contributed by atoms with van der Waals surface area (Å²) in [7, 11) is 0. The van der Waals surface area contributed by atoms with Gasteiger partial charge in [0, 0.05) is 30.3 Å². The van der Waals surface area contributed by atoms with Gasteiger partial charge in [0.25, 0.3) is 5.69 Å². The lowest BCUT2D eigenvalue weighted by molar-refractivity contribution is -0.384. The van der Waals surface area contributed by atoms with Gasteiger partial charge in [0.15, 0.2) is 0 Å². The minimum atomic E-state index is -0.443. The molecular formula is C21H21N3O4. The molecular weight excluding hydrogens is 358 g/mol. The van der Waals surface area contributed by atoms with E-state index in [9.17, 15) is 14.9 Å². The van der Waals surface area contributed by atoms with Gasteiger partial charge in [-0.2, -0.15) is 5.10 Å². The lowest BCUT2D eigenvalue weighted by Crippen LogP contribution is -2.19. The lowest BCUT2D eigenvalue weighted by Gasteiger charge is -2.24. The standard InChI is InChI=1S/C21H21N3O4/c1-3-28-21(25)12-15(2)23-20(17-10-7-11-18(13-17)24(26)27)14-19(22-23)16-8-5-4-6-9-16/h4-13,20H,3,14H2,1-2H3/b15-12-/t20-/m0/s1. The van der Waals surface area contributed by atoms with E-state index in [-0.39, 0.29) is 18.3 Å². The Morgan fingerprint density at radius 3 is 2.71 bits per heavy atom. The lowest BCUT2D eigenvalue weighted by atomic mass is 9.98. The van der Waals surface area contributed by atoms with Gasteiger partial charge >= 0.3 is 5.97 Å². The number of hydrogen-bond donors (Lipinski definition) is 0. The largest absolute Gasteiger partial charge is 0.463 e. The van der Waals surface area contributed by atoms with Gasteiger partial charge in [-0.3, -0.25) is 15.1 Å². The van der Waals surface area contributed by atoms with E-state index in [0.29, 0.717) is 12.1 Å². The Morgan fingerprint density at radius 2 is 2.04 bits per heavy atom. The summed E-state index contributed by atoms with van der Waals surface area (Å²) in [4.78, 5) is 22.6. The van der Waals surface area contributed by atoms with Gasteiger partial charge in [-0.05, 0) is 25.0 Å². The minimum Gasteiger partial charge on any atom is -0.463 e. The summed E-state index contributed by atoms with van der Waals surface area (Å²) >= 11 is 0. The summed E-state index contributed by atoms with van der Waals surface area (Å²) < 4.78 is 5.00. The van der Waals surface area contributed by atoms with E-state index in [4.69, 9.17) is 9.84 Å². The average Bonchev–Trinajstić information content (AvgIpc) is 3.14. The van der Waals surface area contributed by atoms with Crippen LogP contribution in [0.2, 0.25) is 0 Å². The predicted octanol–water partition coefficient (Wildman–Crippen LogP) is 4.21. The van der Waals surface area contributed by atoms with Gasteiger partial charge in [-0.15, -0.1) is 0 Å². The van der Waals surface area contributed by atoms with Crippen molar-refractivity contribution in [2.75, 3.05) is 6.61 Å². The number of hydrogen-bond acceptors (Lipinski definition) is 6. The molecule has 0 amide bonds. The van der Waals surface area contributed by atoms with E-state index in [1.807, 2.05) is 36.4 Å². The van der Waals surface area contributed by atoms with Crippen LogP contribution in [0.5, 0.6) is 0 Å². The summed E-state index contributed by atoms with van der Waals surface area (Å²) in [5.41, 5.74) is 3.23. The van der Waals surface area contributed by atoms with Crippen LogP contribution >= 0.6 is 0 Å². The highest BCUT2D eigenvalue weighted by Crippen LogP contribution is 2.36. The molecule has 0 unspecified atom stereocenters. The van der Waals surface area contributed by atoms with E-state index >= 15 is 0 Å². The fourth-order valence-corrected chi connectivity index (χ4v) is 3.17. The second-order valence-electron chi connectivity index (χ2n) is 6.37. The normalized spacial score (nSPS) is 16.6. The van der Waals surface area contributed by atoms with Crippen molar-refractivity contribution in [1.82, 2.24) is 5.01 Å². The number of nitro groups is 1. The first-order valence-corrected chi connectivity index (χ1v) is 9.01. The molecule has 7 heteroatoms. The first-order chi connectivity index (χ1) is 13.5. The van der Waals surface area contributed by atoms with Gasteiger partial charge in [0.1, 0.15) is 0 Å². The number of nitro benzene ring substituents is 1. The molecule has 2 aromatic carbocycles. The molecule has 7 nitrogen and oxygen atoms in total. The molecule has 1 aliphatic rings. The number of hydrazone groups is 1. The highest BCUT2D eigenvalue weighted by atomic mass is 16.6. The van der Waals surface area contributed by atoms with Crippen molar-refractivity contribution in [2.24, 2.45) is 5.10 Å². The Bertz CT molecular complexity index is 938. The van der Waals surface area contributed by atoms with Crippen LogP contribution < -0.4 is 0 Å². The van der Waals surface area contributed by atoms with Crippen molar-refractivity contribution in [3.05, 3.63) is 87.6 Å². The molecule has 0 radical (unpaired) electrons. The molecule has 144 valence electrons. The number of nitrogens with zero attached hydrogens (tertiary/aromatic N) is 3. The Balaban J connectivity index is 1.99. The molecule has 0 N–H and O–H groups in total. The first-order valence-electron chi connectivity index (χ1n) is 9.01. The summed E-state index contributed by atoms with van der Waals surface area (Å²) in [5.74, 6) is -0.443. The molecule has 1 aliphatic heterocycles. The van der Waals surface area contributed by atoms with Crippen LogP contribution in [0.3, 0.4) is 0 Å². The second kappa shape index (κ2) is 8.47. The van der Waals surface area contributed by atoms with Gasteiger partial charge < -0.3 is 4.74 Å². The summed E-state index contributed by atoms with van der Waals surface area (Å²) in [5, 5.41) is 17.6. The first kappa shape index (κ1) is 19.3. The summed E-state index contributed by atoms with van der Waals surface area (Å²) in [6.45, 7) is 3.81. The topological polar surface area (TPSA) is 85.0 Å². The summed E-state index contributed by atoms with van der Waals surface area (Å²) in [6.07, 6.45) is 1.96. The van der Waals surface area contributed by atoms with Crippen molar-refractivity contribution in [1.29, 1.82) is 0 Å². The number of carbonyl (C=O) groups excluding carboxylic acids is 1. The molecule has 0 saturated carbocycles. The van der Waals surface area contributed by atoms with E-state index < -0.39 is 10.9 Å². The van der Waals surface area contributed by atoms with E-state index in [1.54, 1.807) is 31.0 Å². The van der Waals surface area contributed by atoms with E-state index in [1.165, 1.54) is 12.1 Å². The van der Waals surface area contributed by atoms with Gasteiger partial charge in [-0.1, -0.05) is 42.5 Å². The monoisotopic (exact) mass is 379 g/mol. The Kier molecular flexibility index (Phi) is 5.84. The maximum atomic E-state index is 11.9. The van der Waals surface area contributed by atoms with Gasteiger partial charge in [0.2, 0.25) is 0 Å². The third kappa shape index (κ3) is 4.25. The number of esters is 1. The van der Waals surface area contributed by atoms with E-state index in [2.05, 4.69) is 0 Å². The highest BCUT2D eigenvalue weighted by molar-refractivity contribution is 6.02. The van der Waals surface area contributed by atoms with Crippen molar-refractivity contribution in [3.63, 3.8) is 0 Å². The quantitative estimate of drug-likeness (QED) is 0.325. The van der Waals surface area contributed by atoms with Crippen molar-refractivity contribution in [2.45, 2.75) is 26.3 Å². The second-order valence-corrected chi connectivity index (χ2v) is 6.37. The Hall–Kier alpha value is -3.48. The molecule has 1 heterocycles. The van der Waals surface area contributed by atoms with Crippen molar-refractivity contribution in [3.8, 4) is 0 Å². The van der Waals surface area contributed by atoms with Crippen molar-refractivity contribution < 1.29 is 14.5 Å². The van der Waals surface area contributed by atoms with Crippen LogP contribution in [-0.2, 0) is 9.53 Å². The predicted molar refractivity (Wildman–Crippen MR) is 106 cm³/mol. The number of allylic oxidation sites excluding steroid dienone is 1. The maximum absolute atomic E-state index is 11.9. The molecule has 1 atom stereocenters. The molecule has 28 heavy (non-hydrogen) atoms. The molecule has 0 saturated heterocycles. The molecule has 3 rings (SSSR count). The highest BCUT2D eigenvalue weighted by Gasteiger charge is 2.31. The van der Waals surface area contributed by atoms with Crippen LogP contribution in [0.15, 0.2) is 71.5 Å². The fraction of sp³-hybridized carbons (Fsp3) is 0.238. The smallest absolute Gasteiger partial charge is 0.332 e. The van der Waals surface area contributed by atoms with E-state index in [0.717, 1.165) is 16.8 Å². The SMILES string of the molecule is CCOC(=O)/C=C(/C)N1N=C(c2ccccc2)C[C@H]1c1cccc([N+](=O)[O-])c1. The van der Waals surface area contributed by atoms with Gasteiger partial charge in [-0.25, -0.2) is 4.79 Å². The molecule has 2 aromatic rings. The Morgan fingerprint density at radius 1 is 1.29 bits per heavy atom. The zero-order valence-electron chi connectivity index (χ0n) is 15.7. The third-order valence-electron chi connectivity index (χ3n) is 4.46. The van der Waals surface area contributed by atoms with Crippen LogP contribution in [0.25, 0.3) is 0 Å². The molecule has 0 aliphatic carbocycles. The fourth-order valence-electron chi connectivity index (χ4n) is 3.17. The molecule has 0 spiro atoms. The minimum absolute atomic E-state index is 0.0256. The third-order valence-corrected chi connectivity index (χ3v) is 4.46. The van der Waals surface area contributed by atoms with Gasteiger partial charge in [0.05, 0.1) is 23.3 Å². The number of rotatable bonds is 6.